The van der Waals surface area contributed by atoms with Crippen molar-refractivity contribution in [2.45, 2.75) is 20.0 Å². The van der Waals surface area contributed by atoms with Crippen LogP contribution in [0.25, 0.3) is 6.08 Å². The van der Waals surface area contributed by atoms with E-state index >= 15 is 0 Å². The summed E-state index contributed by atoms with van der Waals surface area (Å²) in [7, 11) is 1.48. The van der Waals surface area contributed by atoms with Gasteiger partial charge < -0.3 is 9.47 Å². The number of hydrogen-bond donors (Lipinski definition) is 0. The molecule has 0 bridgehead atoms. The number of imide groups is 2. The van der Waals surface area contributed by atoms with Gasteiger partial charge in [-0.3, -0.25) is 14.5 Å². The summed E-state index contributed by atoms with van der Waals surface area (Å²) < 4.78 is 10.6. The van der Waals surface area contributed by atoms with Gasteiger partial charge in [0.25, 0.3) is 11.8 Å². The maximum absolute atomic E-state index is 13.1. The fourth-order valence-corrected chi connectivity index (χ4v) is 3.04. The molecular weight excluding hydrogens is 384 g/mol. The third kappa shape index (κ3) is 4.58. The summed E-state index contributed by atoms with van der Waals surface area (Å²) in [5.74, 6) is -0.611. The molecule has 0 spiro atoms. The molecule has 7 nitrogen and oxygen atoms in total. The van der Waals surface area contributed by atoms with Crippen molar-refractivity contribution in [1.82, 2.24) is 4.90 Å². The largest absolute Gasteiger partial charge is 0.491 e. The molecule has 0 atom stereocenters. The van der Waals surface area contributed by atoms with E-state index in [1.54, 1.807) is 54.6 Å². The predicted octanol–water partition coefficient (Wildman–Crippen LogP) is 3.50. The number of hydrogen-bond acceptors (Lipinski definition) is 5. The number of methoxy groups -OCH3 is 1. The van der Waals surface area contributed by atoms with Gasteiger partial charge in [-0.1, -0.05) is 30.3 Å². The Balaban J connectivity index is 1.98. The molecule has 3 rings (SSSR count). The van der Waals surface area contributed by atoms with E-state index in [2.05, 4.69) is 0 Å². The van der Waals surface area contributed by atoms with E-state index in [9.17, 15) is 14.4 Å². The average molecular weight is 408 g/mol. The van der Waals surface area contributed by atoms with Crippen LogP contribution in [0.3, 0.4) is 0 Å². The molecule has 2 aromatic rings. The number of anilines is 1. The minimum absolute atomic E-state index is 0.0375. The van der Waals surface area contributed by atoms with Crippen molar-refractivity contribution >= 4 is 29.6 Å². The van der Waals surface area contributed by atoms with E-state index in [1.165, 1.54) is 13.2 Å². The lowest BCUT2D eigenvalue weighted by molar-refractivity contribution is -0.129. The van der Waals surface area contributed by atoms with E-state index in [-0.39, 0.29) is 24.8 Å². The molecule has 7 heteroatoms. The second kappa shape index (κ2) is 9.37. The highest BCUT2D eigenvalue weighted by molar-refractivity contribution is 6.39. The molecule has 0 N–H and O–H groups in total. The summed E-state index contributed by atoms with van der Waals surface area (Å²) in [6.45, 7) is 4.07. The van der Waals surface area contributed by atoms with Gasteiger partial charge >= 0.3 is 6.03 Å². The molecule has 156 valence electrons. The maximum atomic E-state index is 13.1. The van der Waals surface area contributed by atoms with Gasteiger partial charge in [-0.05, 0) is 49.8 Å². The lowest BCUT2D eigenvalue weighted by Gasteiger charge is -2.33. The molecule has 30 heavy (non-hydrogen) atoms. The molecule has 2 aromatic carbocycles. The molecule has 0 aliphatic carbocycles. The number of rotatable bonds is 7. The molecule has 1 fully saturated rings. The van der Waals surface area contributed by atoms with E-state index in [0.717, 1.165) is 9.80 Å². The molecule has 0 aromatic heterocycles. The Kier molecular flexibility index (Phi) is 6.64. The summed E-state index contributed by atoms with van der Waals surface area (Å²) >= 11 is 0. The van der Waals surface area contributed by atoms with E-state index < -0.39 is 17.8 Å². The normalized spacial score (nSPS) is 16.0. The number of ether oxygens (including phenoxy) is 2. The molecular formula is C23H24N2O5. The van der Waals surface area contributed by atoms with Crippen LogP contribution in [0.15, 0.2) is 60.2 Å². The zero-order valence-electron chi connectivity index (χ0n) is 17.2. The van der Waals surface area contributed by atoms with Gasteiger partial charge in [-0.25, -0.2) is 9.69 Å². The average Bonchev–Trinajstić information content (AvgIpc) is 2.73. The van der Waals surface area contributed by atoms with E-state index in [1.807, 2.05) is 13.8 Å². The van der Waals surface area contributed by atoms with E-state index in [0.29, 0.717) is 17.0 Å². The summed E-state index contributed by atoms with van der Waals surface area (Å²) in [6.07, 6.45) is 1.53. The van der Waals surface area contributed by atoms with Gasteiger partial charge in [0.2, 0.25) is 0 Å². The van der Waals surface area contributed by atoms with E-state index in [4.69, 9.17) is 9.47 Å². The smallest absolute Gasteiger partial charge is 0.338 e. The number of carbonyl (C=O) groups excluding carboxylic acids is 3. The molecule has 4 amide bonds. The lowest BCUT2D eigenvalue weighted by Crippen LogP contribution is -2.57. The first-order chi connectivity index (χ1) is 14.4. The van der Waals surface area contributed by atoms with Crippen molar-refractivity contribution in [1.29, 1.82) is 0 Å². The Hall–Kier alpha value is -3.45. The van der Waals surface area contributed by atoms with Crippen molar-refractivity contribution in [3.63, 3.8) is 0 Å². The lowest BCUT2D eigenvalue weighted by atomic mass is 10.1. The minimum atomic E-state index is -0.689. The minimum Gasteiger partial charge on any atom is -0.491 e. The Morgan fingerprint density at radius 3 is 2.20 bits per heavy atom. The van der Waals surface area contributed by atoms with Gasteiger partial charge in [-0.15, -0.1) is 0 Å². The van der Waals surface area contributed by atoms with Gasteiger partial charge in [0.05, 0.1) is 24.9 Å². The fraction of sp³-hybridized carbons (Fsp3) is 0.261. The third-order valence-corrected chi connectivity index (χ3v) is 4.43. The van der Waals surface area contributed by atoms with Crippen molar-refractivity contribution in [2.75, 3.05) is 25.2 Å². The maximum Gasteiger partial charge on any atom is 0.338 e. The van der Waals surface area contributed by atoms with Crippen LogP contribution in [0.2, 0.25) is 0 Å². The Morgan fingerprint density at radius 1 is 0.933 bits per heavy atom. The van der Waals surface area contributed by atoms with Crippen molar-refractivity contribution in [3.8, 4) is 5.75 Å². The molecule has 1 saturated heterocycles. The monoisotopic (exact) mass is 408 g/mol. The highest BCUT2D eigenvalue weighted by Gasteiger charge is 2.42. The number of urea groups is 1. The van der Waals surface area contributed by atoms with Gasteiger partial charge in [0.15, 0.2) is 0 Å². The van der Waals surface area contributed by atoms with Crippen LogP contribution in [-0.2, 0) is 14.3 Å². The van der Waals surface area contributed by atoms with Crippen LogP contribution in [-0.4, -0.2) is 49.1 Å². The first-order valence-electron chi connectivity index (χ1n) is 9.65. The van der Waals surface area contributed by atoms with Crippen molar-refractivity contribution < 1.29 is 23.9 Å². The standard InChI is InChI=1S/C23H24N2O5/c1-16(2)30-19-11-9-17(10-12-19)15-20-21(26)24(13-14-29-3)23(28)25(22(20)27)18-7-5-4-6-8-18/h4-12,15-16H,13-14H2,1-3H3. The Morgan fingerprint density at radius 2 is 1.60 bits per heavy atom. The Labute approximate surface area is 175 Å². The summed E-state index contributed by atoms with van der Waals surface area (Å²) in [5.41, 5.74) is 0.956. The number of carbonyl (C=O) groups is 3. The number of nitrogens with zero attached hydrogens (tertiary/aromatic N) is 2. The second-order valence-electron chi connectivity index (χ2n) is 7.00. The highest BCUT2D eigenvalue weighted by Crippen LogP contribution is 2.26. The highest BCUT2D eigenvalue weighted by atomic mass is 16.5. The van der Waals surface area contributed by atoms with Crippen LogP contribution < -0.4 is 9.64 Å². The fourth-order valence-electron chi connectivity index (χ4n) is 3.04. The third-order valence-electron chi connectivity index (χ3n) is 4.43. The van der Waals surface area contributed by atoms with Crippen LogP contribution in [0.5, 0.6) is 5.75 Å². The molecule has 1 heterocycles. The van der Waals surface area contributed by atoms with Crippen LogP contribution in [0.1, 0.15) is 19.4 Å². The molecule has 0 radical (unpaired) electrons. The quantitative estimate of drug-likeness (QED) is 0.518. The number of para-hydroxylation sites is 1. The number of amides is 4. The van der Waals surface area contributed by atoms with Crippen molar-refractivity contribution in [3.05, 3.63) is 65.7 Å². The summed E-state index contributed by atoms with van der Waals surface area (Å²) in [4.78, 5) is 41.0. The molecule has 0 unspecified atom stereocenters. The molecule has 0 saturated carbocycles. The van der Waals surface area contributed by atoms with Gasteiger partial charge in [0, 0.05) is 7.11 Å². The summed E-state index contributed by atoms with van der Waals surface area (Å²) in [6, 6.07) is 14.9. The van der Waals surface area contributed by atoms with Crippen molar-refractivity contribution in [2.24, 2.45) is 0 Å². The van der Waals surface area contributed by atoms with Gasteiger partial charge in [0.1, 0.15) is 11.3 Å². The zero-order chi connectivity index (χ0) is 21.7. The predicted molar refractivity (Wildman–Crippen MR) is 113 cm³/mol. The van der Waals surface area contributed by atoms with Crippen LogP contribution >= 0.6 is 0 Å². The molecule has 1 aliphatic heterocycles. The first-order valence-corrected chi connectivity index (χ1v) is 9.65. The molecule has 1 aliphatic rings. The van der Waals surface area contributed by atoms with Crippen LogP contribution in [0.4, 0.5) is 10.5 Å². The SMILES string of the molecule is COCCN1C(=O)C(=Cc2ccc(OC(C)C)cc2)C(=O)N(c2ccccc2)C1=O. The van der Waals surface area contributed by atoms with Gasteiger partial charge in [-0.2, -0.15) is 0 Å². The number of benzene rings is 2. The Bertz CT molecular complexity index is 951. The number of barbiturate groups is 1. The topological polar surface area (TPSA) is 76.2 Å². The first kappa shape index (κ1) is 21.3. The summed E-state index contributed by atoms with van der Waals surface area (Å²) in [5, 5.41) is 0. The zero-order valence-corrected chi connectivity index (χ0v) is 17.2. The van der Waals surface area contributed by atoms with Crippen LogP contribution in [0, 0.1) is 0 Å². The second-order valence-corrected chi connectivity index (χ2v) is 7.00.